The van der Waals surface area contributed by atoms with Gasteiger partial charge in [-0.25, -0.2) is 0 Å². The second-order valence-corrected chi connectivity index (χ2v) is 4.92. The van der Waals surface area contributed by atoms with Crippen molar-refractivity contribution in [2.75, 3.05) is 40.1 Å². The van der Waals surface area contributed by atoms with Crippen molar-refractivity contribution in [3.63, 3.8) is 0 Å². The molecule has 3 N–H and O–H groups in total. The summed E-state index contributed by atoms with van der Waals surface area (Å²) in [5.74, 6) is -4.97. The van der Waals surface area contributed by atoms with E-state index in [9.17, 15) is 10.2 Å². The quantitative estimate of drug-likeness (QED) is 0.294. The average Bonchev–Trinajstić information content (AvgIpc) is 2.55. The summed E-state index contributed by atoms with van der Waals surface area (Å²) < 4.78 is 26.3. The van der Waals surface area contributed by atoms with E-state index in [1.165, 1.54) is 7.11 Å². The highest BCUT2D eigenvalue weighted by Gasteiger charge is 2.60. The molecule has 0 saturated heterocycles. The molecule has 0 rings (SSSR count). The van der Waals surface area contributed by atoms with Gasteiger partial charge in [0.2, 0.25) is 6.29 Å². The van der Waals surface area contributed by atoms with E-state index in [1.54, 1.807) is 6.92 Å². The van der Waals surface area contributed by atoms with Crippen LogP contribution in [0.1, 0.15) is 40.0 Å². The fourth-order valence-electron chi connectivity index (χ4n) is 1.85. The van der Waals surface area contributed by atoms with Crippen molar-refractivity contribution in [1.29, 1.82) is 0 Å². The number of aliphatic hydroxyl groups is 3. The predicted molar refractivity (Wildman–Crippen MR) is 82.5 cm³/mol. The lowest BCUT2D eigenvalue weighted by atomic mass is 10.2. The molecule has 140 valence electrons. The maximum atomic E-state index is 10.9. The molecule has 0 radical (unpaired) electrons. The first-order chi connectivity index (χ1) is 11.0. The molecule has 0 aliphatic rings. The Balaban J connectivity index is 5.46. The maximum absolute atomic E-state index is 10.9. The zero-order valence-electron chi connectivity index (χ0n) is 14.6. The molecule has 23 heavy (non-hydrogen) atoms. The molecular weight excluding hydrogens is 308 g/mol. The SMILES string of the molecule is CCCCOC(O)(OCCO)C(O)(OCCC)C(OC)OCC. The Kier molecular flexibility index (Phi) is 11.9. The molecule has 0 saturated carbocycles. The lowest BCUT2D eigenvalue weighted by molar-refractivity contribution is -0.514. The second-order valence-electron chi connectivity index (χ2n) is 4.92. The van der Waals surface area contributed by atoms with Crippen LogP contribution >= 0.6 is 0 Å². The van der Waals surface area contributed by atoms with Crippen molar-refractivity contribution in [2.24, 2.45) is 0 Å². The minimum absolute atomic E-state index is 0.116. The molecule has 8 heteroatoms. The molecule has 0 aromatic rings. The van der Waals surface area contributed by atoms with Gasteiger partial charge in [0.25, 0.3) is 0 Å². The minimum Gasteiger partial charge on any atom is -0.394 e. The molecule has 0 aliphatic carbocycles. The van der Waals surface area contributed by atoms with Crippen LogP contribution in [0.15, 0.2) is 0 Å². The highest BCUT2D eigenvalue weighted by molar-refractivity contribution is 4.83. The first-order valence-electron chi connectivity index (χ1n) is 8.07. The van der Waals surface area contributed by atoms with Crippen LogP contribution in [0.3, 0.4) is 0 Å². The van der Waals surface area contributed by atoms with Gasteiger partial charge in [0.1, 0.15) is 0 Å². The molecule has 8 nitrogen and oxygen atoms in total. The summed E-state index contributed by atoms with van der Waals surface area (Å²) in [4.78, 5) is 0. The first kappa shape index (κ1) is 22.7. The van der Waals surface area contributed by atoms with Crippen LogP contribution in [-0.4, -0.2) is 73.5 Å². The summed E-state index contributed by atoms with van der Waals surface area (Å²) in [6, 6.07) is 0. The standard InChI is InChI=1S/C15H32O8/c1-5-8-11-22-15(18,23-12-9-16)14(17,21-10-6-2)13(19-4)20-7-3/h13,16-18H,5-12H2,1-4H3. The lowest BCUT2D eigenvalue weighted by Crippen LogP contribution is -2.67. The van der Waals surface area contributed by atoms with Gasteiger partial charge in [-0.15, -0.1) is 0 Å². The summed E-state index contributed by atoms with van der Waals surface area (Å²) in [7, 11) is 1.30. The van der Waals surface area contributed by atoms with Gasteiger partial charge >= 0.3 is 11.8 Å². The van der Waals surface area contributed by atoms with Gasteiger partial charge in [-0.2, -0.15) is 0 Å². The number of methoxy groups -OCH3 is 1. The molecule has 0 amide bonds. The van der Waals surface area contributed by atoms with Crippen LogP contribution in [0.2, 0.25) is 0 Å². The van der Waals surface area contributed by atoms with Crippen LogP contribution in [0, 0.1) is 0 Å². The summed E-state index contributed by atoms with van der Waals surface area (Å²) in [6.45, 7) is 5.32. The van der Waals surface area contributed by atoms with Crippen molar-refractivity contribution >= 4 is 0 Å². The van der Waals surface area contributed by atoms with Crippen LogP contribution < -0.4 is 0 Å². The van der Waals surface area contributed by atoms with Gasteiger partial charge in [0, 0.05) is 13.7 Å². The average molecular weight is 340 g/mol. The lowest BCUT2D eigenvalue weighted by Gasteiger charge is -2.44. The highest BCUT2D eigenvalue weighted by Crippen LogP contribution is 2.33. The van der Waals surface area contributed by atoms with Gasteiger partial charge in [0.15, 0.2) is 0 Å². The van der Waals surface area contributed by atoms with Crippen molar-refractivity contribution in [2.45, 2.75) is 58.1 Å². The fourth-order valence-corrected chi connectivity index (χ4v) is 1.85. The van der Waals surface area contributed by atoms with Crippen LogP contribution in [0.5, 0.6) is 0 Å². The van der Waals surface area contributed by atoms with E-state index in [1.807, 2.05) is 13.8 Å². The van der Waals surface area contributed by atoms with Gasteiger partial charge < -0.3 is 39.0 Å². The van der Waals surface area contributed by atoms with Gasteiger partial charge in [-0.05, 0) is 19.8 Å². The van der Waals surface area contributed by atoms with E-state index in [0.717, 1.165) is 6.42 Å². The third kappa shape index (κ3) is 6.60. The Bertz CT molecular complexity index is 291. The Morgan fingerprint density at radius 2 is 1.57 bits per heavy atom. The minimum atomic E-state index is -2.55. The predicted octanol–water partition coefficient (Wildman–Crippen LogP) is 0.582. The highest BCUT2D eigenvalue weighted by atomic mass is 16.9. The summed E-state index contributed by atoms with van der Waals surface area (Å²) in [5, 5.41) is 30.6. The van der Waals surface area contributed by atoms with Crippen LogP contribution in [0.25, 0.3) is 0 Å². The normalized spacial score (nSPS) is 18.4. The number of ether oxygens (including phenoxy) is 5. The maximum Gasteiger partial charge on any atom is 0.343 e. The fraction of sp³-hybridized carbons (Fsp3) is 1.00. The summed E-state index contributed by atoms with van der Waals surface area (Å²) in [6.07, 6.45) is 0.699. The summed E-state index contributed by atoms with van der Waals surface area (Å²) in [5.41, 5.74) is 0. The molecule has 0 aliphatic heterocycles. The molecule has 0 aromatic heterocycles. The number of unbranched alkanes of at least 4 members (excludes halogenated alkanes) is 1. The largest absolute Gasteiger partial charge is 0.394 e. The van der Waals surface area contributed by atoms with E-state index in [0.29, 0.717) is 12.8 Å². The Labute approximate surface area is 138 Å². The zero-order valence-corrected chi connectivity index (χ0v) is 14.6. The van der Waals surface area contributed by atoms with Crippen LogP contribution in [0.4, 0.5) is 0 Å². The number of rotatable bonds is 15. The monoisotopic (exact) mass is 340 g/mol. The van der Waals surface area contributed by atoms with E-state index in [4.69, 9.17) is 28.8 Å². The Morgan fingerprint density at radius 3 is 2.04 bits per heavy atom. The molecule has 3 atom stereocenters. The van der Waals surface area contributed by atoms with Crippen molar-refractivity contribution in [3.05, 3.63) is 0 Å². The number of hydrogen-bond donors (Lipinski definition) is 3. The smallest absolute Gasteiger partial charge is 0.343 e. The molecule has 0 bridgehead atoms. The van der Waals surface area contributed by atoms with Gasteiger partial charge in [-0.1, -0.05) is 20.3 Å². The molecule has 0 spiro atoms. The molecule has 0 heterocycles. The van der Waals surface area contributed by atoms with E-state index in [-0.39, 0.29) is 33.0 Å². The summed E-state index contributed by atoms with van der Waals surface area (Å²) >= 11 is 0. The van der Waals surface area contributed by atoms with Crippen molar-refractivity contribution < 1.29 is 39.0 Å². The first-order valence-corrected chi connectivity index (χ1v) is 8.07. The van der Waals surface area contributed by atoms with Gasteiger partial charge in [0.05, 0.1) is 26.4 Å². The molecule has 0 aromatic carbocycles. The zero-order chi connectivity index (χ0) is 17.8. The Hall–Kier alpha value is -0.320. The van der Waals surface area contributed by atoms with Gasteiger partial charge in [-0.3, -0.25) is 0 Å². The van der Waals surface area contributed by atoms with Crippen LogP contribution in [-0.2, 0) is 23.7 Å². The Morgan fingerprint density at radius 1 is 0.913 bits per heavy atom. The van der Waals surface area contributed by atoms with E-state index >= 15 is 0 Å². The van der Waals surface area contributed by atoms with Crippen molar-refractivity contribution in [1.82, 2.24) is 0 Å². The number of hydrogen-bond acceptors (Lipinski definition) is 8. The molecule has 3 unspecified atom stereocenters. The third-order valence-corrected chi connectivity index (χ3v) is 3.02. The topological polar surface area (TPSA) is 107 Å². The van der Waals surface area contributed by atoms with E-state index < -0.39 is 18.1 Å². The third-order valence-electron chi connectivity index (χ3n) is 3.02. The number of aliphatic hydroxyl groups excluding tert-OH is 1. The second kappa shape index (κ2) is 12.1. The molecule has 0 fully saturated rings. The molecular formula is C15H32O8. The van der Waals surface area contributed by atoms with Crippen molar-refractivity contribution in [3.8, 4) is 0 Å². The van der Waals surface area contributed by atoms with E-state index in [2.05, 4.69) is 0 Å².